The summed E-state index contributed by atoms with van der Waals surface area (Å²) in [6.07, 6.45) is 3.84. The molecular formula is C14H20BrNO. The Balaban J connectivity index is 1.64. The molecule has 0 aliphatic carbocycles. The van der Waals surface area contributed by atoms with Crippen LogP contribution >= 0.6 is 15.9 Å². The first-order valence-electron chi connectivity index (χ1n) is 6.38. The first-order valence-corrected chi connectivity index (χ1v) is 7.17. The molecule has 0 saturated carbocycles. The molecule has 1 aromatic carbocycles. The van der Waals surface area contributed by atoms with Gasteiger partial charge in [-0.2, -0.15) is 0 Å². The summed E-state index contributed by atoms with van der Waals surface area (Å²) in [5.41, 5.74) is 1.23. The molecule has 3 heteroatoms. The van der Waals surface area contributed by atoms with Crippen LogP contribution in [0, 0.1) is 5.92 Å². The predicted octanol–water partition coefficient (Wildman–Crippen LogP) is 3.36. The Morgan fingerprint density at radius 1 is 1.35 bits per heavy atom. The maximum Gasteiger partial charge on any atom is 0.0727 e. The third kappa shape index (κ3) is 4.41. The van der Waals surface area contributed by atoms with Crippen molar-refractivity contribution in [3.63, 3.8) is 0 Å². The van der Waals surface area contributed by atoms with Crippen molar-refractivity contribution < 1.29 is 4.74 Å². The van der Waals surface area contributed by atoms with Crippen LogP contribution in [0.4, 0.5) is 0 Å². The Morgan fingerprint density at radius 2 is 2.24 bits per heavy atom. The number of nitrogens with one attached hydrogen (secondary N) is 1. The highest BCUT2D eigenvalue weighted by Crippen LogP contribution is 2.18. The van der Waals surface area contributed by atoms with Gasteiger partial charge in [0.05, 0.1) is 6.61 Å². The fraction of sp³-hybridized carbons (Fsp3) is 0.571. The molecule has 1 aliphatic heterocycles. The van der Waals surface area contributed by atoms with Crippen molar-refractivity contribution in [3.05, 3.63) is 34.3 Å². The molecule has 2 rings (SSSR count). The quantitative estimate of drug-likeness (QED) is 0.842. The van der Waals surface area contributed by atoms with Gasteiger partial charge in [0, 0.05) is 11.1 Å². The normalized spacial score (nSPS) is 20.4. The van der Waals surface area contributed by atoms with Gasteiger partial charge in [0.25, 0.3) is 0 Å². The number of hydrogen-bond donors (Lipinski definition) is 1. The van der Waals surface area contributed by atoms with Gasteiger partial charge in [-0.05, 0) is 49.9 Å². The van der Waals surface area contributed by atoms with Gasteiger partial charge in [-0.3, -0.25) is 0 Å². The Kier molecular flexibility index (Phi) is 5.49. The summed E-state index contributed by atoms with van der Waals surface area (Å²) in [6.45, 7) is 3.93. The van der Waals surface area contributed by atoms with Gasteiger partial charge < -0.3 is 10.1 Å². The van der Waals surface area contributed by atoms with Crippen LogP contribution in [0.3, 0.4) is 0 Å². The van der Waals surface area contributed by atoms with E-state index in [4.69, 9.17) is 4.74 Å². The van der Waals surface area contributed by atoms with Crippen LogP contribution in [0.1, 0.15) is 24.8 Å². The molecule has 0 aromatic heterocycles. The smallest absolute Gasteiger partial charge is 0.0727 e. The second-order valence-electron chi connectivity index (χ2n) is 4.65. The third-order valence-corrected chi connectivity index (χ3v) is 4.06. The molecule has 0 radical (unpaired) electrons. The van der Waals surface area contributed by atoms with Crippen LogP contribution in [0.2, 0.25) is 0 Å². The lowest BCUT2D eigenvalue weighted by Gasteiger charge is -2.22. The number of hydrogen-bond acceptors (Lipinski definition) is 2. The Morgan fingerprint density at radius 3 is 3.00 bits per heavy atom. The molecule has 1 unspecified atom stereocenters. The highest BCUT2D eigenvalue weighted by atomic mass is 79.9. The van der Waals surface area contributed by atoms with E-state index in [1.807, 2.05) is 6.07 Å². The van der Waals surface area contributed by atoms with Crippen LogP contribution in [-0.2, 0) is 11.3 Å². The maximum absolute atomic E-state index is 5.75. The van der Waals surface area contributed by atoms with E-state index in [1.165, 1.54) is 37.9 Å². The molecule has 94 valence electrons. The fourth-order valence-electron chi connectivity index (χ4n) is 2.22. The summed E-state index contributed by atoms with van der Waals surface area (Å²) in [5.74, 6) is 0.808. The summed E-state index contributed by atoms with van der Waals surface area (Å²) >= 11 is 3.53. The molecule has 0 bridgehead atoms. The minimum Gasteiger partial charge on any atom is -0.377 e. The zero-order valence-electron chi connectivity index (χ0n) is 10.1. The first-order chi connectivity index (χ1) is 8.36. The lowest BCUT2D eigenvalue weighted by atomic mass is 9.97. The van der Waals surface area contributed by atoms with Crippen molar-refractivity contribution in [3.8, 4) is 0 Å². The Hall–Kier alpha value is -0.380. The van der Waals surface area contributed by atoms with Gasteiger partial charge in [-0.1, -0.05) is 34.1 Å². The molecule has 17 heavy (non-hydrogen) atoms. The van der Waals surface area contributed by atoms with E-state index in [0.717, 1.165) is 17.0 Å². The van der Waals surface area contributed by atoms with Crippen molar-refractivity contribution in [2.45, 2.75) is 25.9 Å². The van der Waals surface area contributed by atoms with E-state index in [2.05, 4.69) is 39.4 Å². The first kappa shape index (κ1) is 13.1. The SMILES string of the molecule is Brc1ccccc1COCCC1CCCNC1. The number of benzene rings is 1. The highest BCUT2D eigenvalue weighted by molar-refractivity contribution is 9.10. The minimum absolute atomic E-state index is 0.710. The van der Waals surface area contributed by atoms with Crippen LogP contribution in [0.5, 0.6) is 0 Å². The van der Waals surface area contributed by atoms with E-state index in [-0.39, 0.29) is 0 Å². The number of piperidine rings is 1. The van der Waals surface area contributed by atoms with E-state index >= 15 is 0 Å². The molecule has 1 heterocycles. The molecule has 1 saturated heterocycles. The monoisotopic (exact) mass is 297 g/mol. The summed E-state index contributed by atoms with van der Waals surface area (Å²) in [7, 11) is 0. The highest BCUT2D eigenvalue weighted by Gasteiger charge is 2.12. The molecule has 0 spiro atoms. The standard InChI is InChI=1S/C14H20BrNO/c15-14-6-2-1-5-13(14)11-17-9-7-12-4-3-8-16-10-12/h1-2,5-6,12,16H,3-4,7-11H2. The van der Waals surface area contributed by atoms with Crippen LogP contribution < -0.4 is 5.32 Å². The molecule has 1 aliphatic rings. The Labute approximate surface area is 112 Å². The second-order valence-corrected chi connectivity index (χ2v) is 5.50. The summed E-state index contributed by atoms with van der Waals surface area (Å²) in [4.78, 5) is 0. The van der Waals surface area contributed by atoms with Crippen molar-refractivity contribution >= 4 is 15.9 Å². The largest absolute Gasteiger partial charge is 0.377 e. The lowest BCUT2D eigenvalue weighted by Crippen LogP contribution is -2.30. The van der Waals surface area contributed by atoms with Gasteiger partial charge in [0.1, 0.15) is 0 Å². The summed E-state index contributed by atoms with van der Waals surface area (Å²) < 4.78 is 6.88. The van der Waals surface area contributed by atoms with Crippen molar-refractivity contribution in [1.82, 2.24) is 5.32 Å². The third-order valence-electron chi connectivity index (χ3n) is 3.28. The number of halogens is 1. The van der Waals surface area contributed by atoms with E-state index in [9.17, 15) is 0 Å². The summed E-state index contributed by atoms with van der Waals surface area (Å²) in [6, 6.07) is 8.24. The van der Waals surface area contributed by atoms with E-state index < -0.39 is 0 Å². The predicted molar refractivity (Wildman–Crippen MR) is 74.0 cm³/mol. The Bertz CT molecular complexity index is 337. The van der Waals surface area contributed by atoms with Gasteiger partial charge in [-0.15, -0.1) is 0 Å². The van der Waals surface area contributed by atoms with Crippen molar-refractivity contribution in [2.24, 2.45) is 5.92 Å². The molecular weight excluding hydrogens is 278 g/mol. The lowest BCUT2D eigenvalue weighted by molar-refractivity contribution is 0.103. The van der Waals surface area contributed by atoms with Gasteiger partial charge >= 0.3 is 0 Å². The van der Waals surface area contributed by atoms with Crippen LogP contribution in [-0.4, -0.2) is 19.7 Å². The molecule has 1 aromatic rings. The molecule has 1 atom stereocenters. The number of ether oxygens (including phenoxy) is 1. The van der Waals surface area contributed by atoms with Crippen molar-refractivity contribution in [2.75, 3.05) is 19.7 Å². The topological polar surface area (TPSA) is 21.3 Å². The number of rotatable bonds is 5. The second kappa shape index (κ2) is 7.14. The zero-order valence-corrected chi connectivity index (χ0v) is 11.7. The summed E-state index contributed by atoms with van der Waals surface area (Å²) in [5, 5.41) is 3.44. The van der Waals surface area contributed by atoms with Crippen LogP contribution in [0.25, 0.3) is 0 Å². The van der Waals surface area contributed by atoms with Gasteiger partial charge in [-0.25, -0.2) is 0 Å². The van der Waals surface area contributed by atoms with Crippen molar-refractivity contribution in [1.29, 1.82) is 0 Å². The molecule has 1 fully saturated rings. The fourth-order valence-corrected chi connectivity index (χ4v) is 2.62. The average molecular weight is 298 g/mol. The van der Waals surface area contributed by atoms with Gasteiger partial charge in [0.2, 0.25) is 0 Å². The van der Waals surface area contributed by atoms with Gasteiger partial charge in [0.15, 0.2) is 0 Å². The van der Waals surface area contributed by atoms with E-state index in [1.54, 1.807) is 0 Å². The minimum atomic E-state index is 0.710. The average Bonchev–Trinajstić information content (AvgIpc) is 2.38. The van der Waals surface area contributed by atoms with E-state index in [0.29, 0.717) is 6.61 Å². The zero-order chi connectivity index (χ0) is 11.9. The van der Waals surface area contributed by atoms with Crippen LogP contribution in [0.15, 0.2) is 28.7 Å². The maximum atomic E-state index is 5.75. The molecule has 1 N–H and O–H groups in total. The molecule has 0 amide bonds. The molecule has 2 nitrogen and oxygen atoms in total.